The predicted octanol–water partition coefficient (Wildman–Crippen LogP) is 2.26. The molecule has 3 rings (SSSR count). The lowest BCUT2D eigenvalue weighted by Crippen LogP contribution is -2.31. The lowest BCUT2D eigenvalue weighted by atomic mass is 10.2. The third kappa shape index (κ3) is 3.19. The van der Waals surface area contributed by atoms with Crippen molar-refractivity contribution in [3.63, 3.8) is 0 Å². The third-order valence-corrected chi connectivity index (χ3v) is 4.13. The topological polar surface area (TPSA) is 103 Å². The van der Waals surface area contributed by atoms with Crippen LogP contribution in [0.2, 0.25) is 0 Å². The quantitative estimate of drug-likeness (QED) is 0.568. The van der Waals surface area contributed by atoms with Crippen LogP contribution in [0.3, 0.4) is 0 Å². The number of nitrogens with one attached hydrogen (secondary N) is 1. The molecule has 0 saturated heterocycles. The summed E-state index contributed by atoms with van der Waals surface area (Å²) >= 11 is 0.958. The summed E-state index contributed by atoms with van der Waals surface area (Å²) in [6.07, 6.45) is 2.86. The zero-order valence-electron chi connectivity index (χ0n) is 12.2. The summed E-state index contributed by atoms with van der Waals surface area (Å²) in [7, 11) is 0. The minimum atomic E-state index is -0.483. The largest absolute Gasteiger partial charge is 0.357 e. The molecule has 2 heterocycles. The van der Waals surface area contributed by atoms with Crippen LogP contribution in [-0.2, 0) is 6.54 Å². The molecule has 0 bridgehead atoms. The maximum atomic E-state index is 12.4. The Morgan fingerprint density at radius 2 is 2.17 bits per heavy atom. The van der Waals surface area contributed by atoms with Gasteiger partial charge in [-0.3, -0.25) is 14.9 Å². The monoisotopic (exact) mass is 331 g/mol. The standard InChI is InChI=1S/C14H13N5O3S/c1-9(17-14-15-7-12(23-14)19(21)22)8-18-13(20)11-5-3-2-4-10(11)6-16-18/h2-7,9H,8H2,1H3,(H,15,17). The van der Waals surface area contributed by atoms with Crippen LogP contribution in [0.25, 0.3) is 10.8 Å². The summed E-state index contributed by atoms with van der Waals surface area (Å²) in [5, 5.41) is 19.7. The highest BCUT2D eigenvalue weighted by Crippen LogP contribution is 2.25. The highest BCUT2D eigenvalue weighted by atomic mass is 32.1. The van der Waals surface area contributed by atoms with Gasteiger partial charge in [-0.05, 0) is 24.3 Å². The van der Waals surface area contributed by atoms with Crippen molar-refractivity contribution in [3.05, 3.63) is 57.1 Å². The van der Waals surface area contributed by atoms with E-state index >= 15 is 0 Å². The molecule has 0 aliphatic carbocycles. The van der Waals surface area contributed by atoms with E-state index in [9.17, 15) is 14.9 Å². The summed E-state index contributed by atoms with van der Waals surface area (Å²) in [4.78, 5) is 26.5. The number of nitro groups is 1. The fraction of sp³-hybridized carbons (Fsp3) is 0.214. The number of hydrogen-bond donors (Lipinski definition) is 1. The molecule has 2 aromatic heterocycles. The van der Waals surface area contributed by atoms with E-state index in [1.165, 1.54) is 10.9 Å². The molecule has 1 unspecified atom stereocenters. The Bertz CT molecular complexity index is 920. The van der Waals surface area contributed by atoms with E-state index in [2.05, 4.69) is 15.4 Å². The lowest BCUT2D eigenvalue weighted by molar-refractivity contribution is -0.380. The molecule has 1 atom stereocenters. The molecule has 0 amide bonds. The van der Waals surface area contributed by atoms with Gasteiger partial charge in [-0.2, -0.15) is 5.10 Å². The Hall–Kier alpha value is -2.81. The number of rotatable bonds is 5. The molecule has 3 aromatic rings. The molecule has 23 heavy (non-hydrogen) atoms. The van der Waals surface area contributed by atoms with Crippen molar-refractivity contribution in [2.75, 3.05) is 5.32 Å². The zero-order valence-corrected chi connectivity index (χ0v) is 13.0. The van der Waals surface area contributed by atoms with Crippen molar-refractivity contribution in [1.82, 2.24) is 14.8 Å². The zero-order chi connectivity index (χ0) is 16.4. The Morgan fingerprint density at radius 3 is 2.91 bits per heavy atom. The second-order valence-electron chi connectivity index (χ2n) is 5.03. The summed E-state index contributed by atoms with van der Waals surface area (Å²) in [6.45, 7) is 2.19. The molecule has 0 aliphatic heterocycles. The van der Waals surface area contributed by atoms with Crippen LogP contribution in [-0.4, -0.2) is 25.7 Å². The Balaban J connectivity index is 1.77. The van der Waals surface area contributed by atoms with Crippen molar-refractivity contribution >= 4 is 32.2 Å². The van der Waals surface area contributed by atoms with Crippen LogP contribution >= 0.6 is 11.3 Å². The Labute approximate surface area is 134 Å². The number of fused-ring (bicyclic) bond motifs is 1. The van der Waals surface area contributed by atoms with Crippen LogP contribution in [0.4, 0.5) is 10.1 Å². The number of nitrogens with zero attached hydrogens (tertiary/aromatic N) is 4. The normalized spacial score (nSPS) is 12.2. The van der Waals surface area contributed by atoms with Crippen molar-refractivity contribution < 1.29 is 4.92 Å². The van der Waals surface area contributed by atoms with Gasteiger partial charge < -0.3 is 5.32 Å². The van der Waals surface area contributed by atoms with Gasteiger partial charge in [0.1, 0.15) is 6.20 Å². The number of aromatic nitrogens is 3. The molecule has 0 radical (unpaired) electrons. The summed E-state index contributed by atoms with van der Waals surface area (Å²) < 4.78 is 1.38. The van der Waals surface area contributed by atoms with Crippen LogP contribution in [0.15, 0.2) is 41.5 Å². The van der Waals surface area contributed by atoms with Crippen molar-refractivity contribution in [2.45, 2.75) is 19.5 Å². The Kier molecular flexibility index (Phi) is 4.02. The summed E-state index contributed by atoms with van der Waals surface area (Å²) in [6, 6.07) is 7.10. The maximum absolute atomic E-state index is 12.4. The Morgan fingerprint density at radius 1 is 1.39 bits per heavy atom. The number of benzene rings is 1. The van der Waals surface area contributed by atoms with E-state index in [0.29, 0.717) is 17.1 Å². The van der Waals surface area contributed by atoms with E-state index < -0.39 is 4.92 Å². The molecule has 1 aromatic carbocycles. The van der Waals surface area contributed by atoms with Gasteiger partial charge in [-0.1, -0.05) is 18.2 Å². The molecular weight excluding hydrogens is 318 g/mol. The molecule has 9 heteroatoms. The number of hydrogen-bond acceptors (Lipinski definition) is 7. The van der Waals surface area contributed by atoms with Gasteiger partial charge in [0.15, 0.2) is 5.13 Å². The smallest absolute Gasteiger partial charge is 0.345 e. The number of anilines is 1. The van der Waals surface area contributed by atoms with Crippen molar-refractivity contribution in [2.24, 2.45) is 0 Å². The first-order valence-corrected chi connectivity index (χ1v) is 7.68. The van der Waals surface area contributed by atoms with Gasteiger partial charge in [0.05, 0.1) is 23.1 Å². The average molecular weight is 331 g/mol. The summed E-state index contributed by atoms with van der Waals surface area (Å²) in [5.41, 5.74) is -0.165. The summed E-state index contributed by atoms with van der Waals surface area (Å²) in [5.74, 6) is 0. The first kappa shape index (κ1) is 15.1. The van der Waals surface area contributed by atoms with Gasteiger partial charge in [-0.15, -0.1) is 0 Å². The van der Waals surface area contributed by atoms with Gasteiger partial charge in [0.2, 0.25) is 0 Å². The van der Waals surface area contributed by atoms with Gasteiger partial charge in [0.25, 0.3) is 5.56 Å². The molecule has 1 N–H and O–H groups in total. The second-order valence-corrected chi connectivity index (χ2v) is 6.03. The van der Waals surface area contributed by atoms with E-state index in [0.717, 1.165) is 16.7 Å². The van der Waals surface area contributed by atoms with Gasteiger partial charge >= 0.3 is 5.00 Å². The highest BCUT2D eigenvalue weighted by Gasteiger charge is 2.14. The fourth-order valence-corrected chi connectivity index (χ4v) is 2.93. The highest BCUT2D eigenvalue weighted by molar-refractivity contribution is 7.18. The van der Waals surface area contributed by atoms with Crippen molar-refractivity contribution in [3.8, 4) is 0 Å². The van der Waals surface area contributed by atoms with Crippen LogP contribution in [0.1, 0.15) is 6.92 Å². The van der Waals surface area contributed by atoms with E-state index in [1.54, 1.807) is 12.3 Å². The van der Waals surface area contributed by atoms with Gasteiger partial charge in [0, 0.05) is 11.4 Å². The molecule has 118 valence electrons. The lowest BCUT2D eigenvalue weighted by Gasteiger charge is -2.13. The molecule has 0 spiro atoms. The predicted molar refractivity (Wildman–Crippen MR) is 87.9 cm³/mol. The second kappa shape index (κ2) is 6.13. The molecular formula is C14H13N5O3S. The third-order valence-electron chi connectivity index (χ3n) is 3.25. The van der Waals surface area contributed by atoms with E-state index in [-0.39, 0.29) is 16.6 Å². The van der Waals surface area contributed by atoms with Crippen LogP contribution in [0.5, 0.6) is 0 Å². The van der Waals surface area contributed by atoms with Gasteiger partial charge in [-0.25, -0.2) is 9.67 Å². The molecule has 8 nitrogen and oxygen atoms in total. The SMILES string of the molecule is CC(Cn1ncc2ccccc2c1=O)Nc1ncc([N+](=O)[O-])s1. The van der Waals surface area contributed by atoms with E-state index in [4.69, 9.17) is 0 Å². The number of thiazole rings is 1. The molecule has 0 aliphatic rings. The first-order valence-electron chi connectivity index (χ1n) is 6.86. The molecule has 0 fully saturated rings. The minimum Gasteiger partial charge on any atom is -0.357 e. The average Bonchev–Trinajstić information content (AvgIpc) is 2.99. The van der Waals surface area contributed by atoms with E-state index in [1.807, 2.05) is 25.1 Å². The minimum absolute atomic E-state index is 0.0271. The maximum Gasteiger partial charge on any atom is 0.345 e. The van der Waals surface area contributed by atoms with Crippen molar-refractivity contribution in [1.29, 1.82) is 0 Å². The van der Waals surface area contributed by atoms with Crippen LogP contribution in [0, 0.1) is 10.1 Å². The molecule has 0 saturated carbocycles. The fourth-order valence-electron chi connectivity index (χ4n) is 2.19. The first-order chi connectivity index (χ1) is 11.0. The van der Waals surface area contributed by atoms with Crippen LogP contribution < -0.4 is 10.9 Å².